The Bertz CT molecular complexity index is 325. The van der Waals surface area contributed by atoms with Crippen molar-refractivity contribution in [3.63, 3.8) is 0 Å². The molecule has 84 valence electrons. The standard InChI is InChI=1S/C8H13N3O4/c1-15-5-7(12)2-6-3-11(10-9-6)4-8(13)14/h3,7,12H,2,4-5H2,1H3,(H,13,14)/t7-/m0/s1. The molecule has 0 radical (unpaired) electrons. The fourth-order valence-electron chi connectivity index (χ4n) is 1.14. The van der Waals surface area contributed by atoms with Gasteiger partial charge in [-0.05, 0) is 0 Å². The Morgan fingerprint density at radius 2 is 2.47 bits per heavy atom. The summed E-state index contributed by atoms with van der Waals surface area (Å²) < 4.78 is 5.95. The molecule has 0 spiro atoms. The lowest BCUT2D eigenvalue weighted by Gasteiger charge is -2.05. The maximum Gasteiger partial charge on any atom is 0.325 e. The first-order chi connectivity index (χ1) is 7.11. The van der Waals surface area contributed by atoms with Crippen molar-refractivity contribution >= 4 is 5.97 Å². The second-order valence-corrected chi connectivity index (χ2v) is 3.11. The first kappa shape index (κ1) is 11.6. The van der Waals surface area contributed by atoms with Crippen LogP contribution in [0.25, 0.3) is 0 Å². The molecule has 0 saturated carbocycles. The van der Waals surface area contributed by atoms with Gasteiger partial charge in [-0.1, -0.05) is 5.21 Å². The number of aliphatic carboxylic acids is 1. The molecule has 0 fully saturated rings. The number of nitrogens with zero attached hydrogens (tertiary/aromatic N) is 3. The topological polar surface area (TPSA) is 97.5 Å². The summed E-state index contributed by atoms with van der Waals surface area (Å²) in [6.45, 7) is -0.0147. The van der Waals surface area contributed by atoms with E-state index in [-0.39, 0.29) is 13.2 Å². The van der Waals surface area contributed by atoms with Gasteiger partial charge < -0.3 is 14.9 Å². The second kappa shape index (κ2) is 5.42. The largest absolute Gasteiger partial charge is 0.480 e. The van der Waals surface area contributed by atoms with E-state index in [1.807, 2.05) is 0 Å². The summed E-state index contributed by atoms with van der Waals surface area (Å²) in [4.78, 5) is 10.3. The quantitative estimate of drug-likeness (QED) is 0.626. The average molecular weight is 215 g/mol. The third-order valence-electron chi connectivity index (χ3n) is 1.69. The molecule has 1 aromatic heterocycles. The van der Waals surface area contributed by atoms with Crippen molar-refractivity contribution in [1.29, 1.82) is 0 Å². The second-order valence-electron chi connectivity index (χ2n) is 3.11. The predicted octanol–water partition coefficient (Wildman–Crippen LogP) is -1.09. The summed E-state index contributed by atoms with van der Waals surface area (Å²) in [5.41, 5.74) is 0.542. The number of aromatic nitrogens is 3. The lowest BCUT2D eigenvalue weighted by molar-refractivity contribution is -0.137. The lowest BCUT2D eigenvalue weighted by atomic mass is 10.2. The summed E-state index contributed by atoms with van der Waals surface area (Å²) in [6, 6.07) is 0. The van der Waals surface area contributed by atoms with Gasteiger partial charge >= 0.3 is 5.97 Å². The van der Waals surface area contributed by atoms with Crippen molar-refractivity contribution in [2.75, 3.05) is 13.7 Å². The van der Waals surface area contributed by atoms with E-state index in [9.17, 15) is 9.90 Å². The van der Waals surface area contributed by atoms with Crippen molar-refractivity contribution in [1.82, 2.24) is 15.0 Å². The number of carboxylic acid groups (broad SMARTS) is 1. The minimum absolute atomic E-state index is 0.214. The number of carbonyl (C=O) groups is 1. The summed E-state index contributed by atoms with van der Waals surface area (Å²) in [5, 5.41) is 25.2. The van der Waals surface area contributed by atoms with Crippen LogP contribution in [0, 0.1) is 0 Å². The molecule has 7 heteroatoms. The smallest absolute Gasteiger partial charge is 0.325 e. The van der Waals surface area contributed by atoms with Crippen LogP contribution in [0.4, 0.5) is 0 Å². The maximum atomic E-state index is 10.3. The van der Waals surface area contributed by atoms with Crippen LogP contribution in [0.5, 0.6) is 0 Å². The molecule has 1 heterocycles. The molecule has 0 unspecified atom stereocenters. The first-order valence-electron chi connectivity index (χ1n) is 4.39. The van der Waals surface area contributed by atoms with Crippen LogP contribution in [0.15, 0.2) is 6.20 Å². The average Bonchev–Trinajstić information content (AvgIpc) is 2.51. The minimum Gasteiger partial charge on any atom is -0.480 e. The molecule has 0 aromatic carbocycles. The highest BCUT2D eigenvalue weighted by Crippen LogP contribution is 1.99. The highest BCUT2D eigenvalue weighted by molar-refractivity contribution is 5.66. The third-order valence-corrected chi connectivity index (χ3v) is 1.69. The van der Waals surface area contributed by atoms with Crippen molar-refractivity contribution < 1.29 is 19.7 Å². The van der Waals surface area contributed by atoms with Gasteiger partial charge in [-0.15, -0.1) is 5.10 Å². The van der Waals surface area contributed by atoms with E-state index in [4.69, 9.17) is 9.84 Å². The van der Waals surface area contributed by atoms with Crippen LogP contribution in [0.2, 0.25) is 0 Å². The molecular formula is C8H13N3O4. The highest BCUT2D eigenvalue weighted by Gasteiger charge is 2.09. The SMILES string of the molecule is COC[C@@H](O)Cc1cn(CC(=O)O)nn1. The molecule has 1 aromatic rings. The summed E-state index contributed by atoms with van der Waals surface area (Å²) >= 11 is 0. The summed E-state index contributed by atoms with van der Waals surface area (Å²) in [7, 11) is 1.49. The zero-order valence-corrected chi connectivity index (χ0v) is 8.33. The molecule has 0 aliphatic carbocycles. The molecule has 0 bridgehead atoms. The van der Waals surface area contributed by atoms with Crippen molar-refractivity contribution in [3.8, 4) is 0 Å². The van der Waals surface area contributed by atoms with E-state index in [1.54, 1.807) is 0 Å². The zero-order valence-electron chi connectivity index (χ0n) is 8.33. The Labute approximate surface area is 86.3 Å². The van der Waals surface area contributed by atoms with Crippen molar-refractivity contribution in [3.05, 3.63) is 11.9 Å². The number of methoxy groups -OCH3 is 1. The number of carboxylic acids is 1. The van der Waals surface area contributed by atoms with Crippen molar-refractivity contribution in [2.45, 2.75) is 19.1 Å². The predicted molar refractivity (Wildman–Crippen MR) is 49.2 cm³/mol. The number of hydrogen-bond donors (Lipinski definition) is 2. The number of aliphatic hydroxyl groups excluding tert-OH is 1. The molecule has 2 N–H and O–H groups in total. The lowest BCUT2D eigenvalue weighted by Crippen LogP contribution is -2.17. The van der Waals surface area contributed by atoms with Gasteiger partial charge in [0.1, 0.15) is 6.54 Å². The van der Waals surface area contributed by atoms with Crippen LogP contribution < -0.4 is 0 Å². The number of rotatable bonds is 6. The normalized spacial score (nSPS) is 12.7. The van der Waals surface area contributed by atoms with E-state index in [0.29, 0.717) is 12.1 Å². The van der Waals surface area contributed by atoms with Crippen molar-refractivity contribution in [2.24, 2.45) is 0 Å². The third kappa shape index (κ3) is 4.05. The fourth-order valence-corrected chi connectivity index (χ4v) is 1.14. The number of aliphatic hydroxyl groups is 1. The van der Waals surface area contributed by atoms with E-state index in [2.05, 4.69) is 10.3 Å². The van der Waals surface area contributed by atoms with Gasteiger partial charge in [0, 0.05) is 19.7 Å². The zero-order chi connectivity index (χ0) is 11.3. The van der Waals surface area contributed by atoms with E-state index in [1.165, 1.54) is 18.0 Å². The van der Waals surface area contributed by atoms with E-state index in [0.717, 1.165) is 0 Å². The van der Waals surface area contributed by atoms with Gasteiger partial charge in [0.2, 0.25) is 0 Å². The highest BCUT2D eigenvalue weighted by atomic mass is 16.5. The molecule has 7 nitrogen and oxygen atoms in total. The van der Waals surface area contributed by atoms with Gasteiger partial charge in [-0.25, -0.2) is 4.68 Å². The number of ether oxygens (including phenoxy) is 1. The first-order valence-corrected chi connectivity index (χ1v) is 4.39. The molecule has 0 aliphatic rings. The monoisotopic (exact) mass is 215 g/mol. The van der Waals surface area contributed by atoms with E-state index < -0.39 is 12.1 Å². The molecule has 1 atom stereocenters. The molecule has 0 aliphatic heterocycles. The van der Waals surface area contributed by atoms with Gasteiger partial charge in [0.15, 0.2) is 0 Å². The van der Waals surface area contributed by atoms with Crippen LogP contribution in [0.1, 0.15) is 5.69 Å². The van der Waals surface area contributed by atoms with E-state index >= 15 is 0 Å². The number of hydrogen-bond acceptors (Lipinski definition) is 5. The Balaban J connectivity index is 2.48. The Morgan fingerprint density at radius 1 is 1.73 bits per heavy atom. The van der Waals surface area contributed by atoms with Gasteiger partial charge in [0.05, 0.1) is 18.4 Å². The Hall–Kier alpha value is -1.47. The molecular weight excluding hydrogens is 202 g/mol. The molecule has 0 amide bonds. The fraction of sp³-hybridized carbons (Fsp3) is 0.625. The summed E-state index contributed by atoms with van der Waals surface area (Å²) in [5.74, 6) is -0.983. The van der Waals surface area contributed by atoms with Crippen LogP contribution in [0.3, 0.4) is 0 Å². The van der Waals surface area contributed by atoms with Gasteiger partial charge in [-0.3, -0.25) is 4.79 Å². The van der Waals surface area contributed by atoms with Crippen LogP contribution >= 0.6 is 0 Å². The van der Waals surface area contributed by atoms with Crippen LogP contribution in [-0.4, -0.2) is 51.0 Å². The Morgan fingerprint density at radius 3 is 3.07 bits per heavy atom. The Kier molecular flexibility index (Phi) is 4.19. The van der Waals surface area contributed by atoms with Gasteiger partial charge in [0.25, 0.3) is 0 Å². The molecule has 1 rings (SSSR count). The molecule has 0 saturated heterocycles. The summed E-state index contributed by atoms with van der Waals surface area (Å²) in [6.07, 6.45) is 1.14. The maximum absolute atomic E-state index is 10.3. The minimum atomic E-state index is -0.983. The van der Waals surface area contributed by atoms with Crippen LogP contribution in [-0.2, 0) is 22.5 Å². The molecule has 15 heavy (non-hydrogen) atoms. The van der Waals surface area contributed by atoms with Gasteiger partial charge in [-0.2, -0.15) is 0 Å².